The van der Waals surface area contributed by atoms with Gasteiger partial charge in [-0.1, -0.05) is 25.1 Å². The Balaban J connectivity index is 1.46. The van der Waals surface area contributed by atoms with E-state index in [2.05, 4.69) is 6.92 Å². The number of carbonyl (C=O) groups is 4. The summed E-state index contributed by atoms with van der Waals surface area (Å²) in [6, 6.07) is 12.8. The summed E-state index contributed by atoms with van der Waals surface area (Å²) < 4.78 is 10.3. The number of carbonyl (C=O) groups excluding carboxylic acids is 4. The Morgan fingerprint density at radius 3 is 2.47 bits per heavy atom. The van der Waals surface area contributed by atoms with Crippen LogP contribution < -0.4 is 9.64 Å². The fourth-order valence-corrected chi connectivity index (χ4v) is 4.51. The predicted octanol–water partition coefficient (Wildman–Crippen LogP) is 3.66. The summed E-state index contributed by atoms with van der Waals surface area (Å²) in [6.45, 7) is 1.67. The van der Waals surface area contributed by atoms with Crippen molar-refractivity contribution in [2.45, 2.75) is 26.2 Å². The van der Waals surface area contributed by atoms with Crippen LogP contribution in [-0.4, -0.2) is 37.3 Å². The SMILES string of the molecule is COc1cccc(C(=O)COC(=O)c2cccc(N3C(=O)[C@H]4C[C@@H](C)CC[C@H]4C3=O)c2)c1. The van der Waals surface area contributed by atoms with Crippen LogP contribution in [0.15, 0.2) is 48.5 Å². The van der Waals surface area contributed by atoms with Gasteiger partial charge in [0.25, 0.3) is 0 Å². The first-order valence-corrected chi connectivity index (χ1v) is 10.7. The van der Waals surface area contributed by atoms with Gasteiger partial charge in [0.2, 0.25) is 11.8 Å². The molecule has 4 rings (SSSR count). The van der Waals surface area contributed by atoms with E-state index < -0.39 is 12.6 Å². The number of amides is 2. The largest absolute Gasteiger partial charge is 0.497 e. The zero-order valence-corrected chi connectivity index (χ0v) is 18.1. The molecule has 0 radical (unpaired) electrons. The monoisotopic (exact) mass is 435 g/mol. The molecule has 0 spiro atoms. The van der Waals surface area contributed by atoms with Gasteiger partial charge in [0.05, 0.1) is 30.2 Å². The van der Waals surface area contributed by atoms with Gasteiger partial charge >= 0.3 is 5.97 Å². The average molecular weight is 435 g/mol. The Morgan fingerprint density at radius 1 is 0.969 bits per heavy atom. The molecular formula is C25H25NO6. The lowest BCUT2D eigenvalue weighted by atomic mass is 9.76. The lowest BCUT2D eigenvalue weighted by Crippen LogP contribution is -2.31. The topological polar surface area (TPSA) is 90.0 Å². The van der Waals surface area contributed by atoms with Gasteiger partial charge in [-0.2, -0.15) is 0 Å². The first kappa shape index (κ1) is 21.7. The normalized spacial score (nSPS) is 22.4. The molecule has 0 unspecified atom stereocenters. The second-order valence-corrected chi connectivity index (χ2v) is 8.42. The number of methoxy groups -OCH3 is 1. The van der Waals surface area contributed by atoms with Gasteiger partial charge in [-0.3, -0.25) is 19.3 Å². The van der Waals surface area contributed by atoms with Crippen molar-refractivity contribution in [3.05, 3.63) is 59.7 Å². The number of benzene rings is 2. The molecule has 7 heteroatoms. The first-order chi connectivity index (χ1) is 15.4. The highest BCUT2D eigenvalue weighted by Gasteiger charge is 2.50. The van der Waals surface area contributed by atoms with E-state index in [9.17, 15) is 19.2 Å². The Hall–Kier alpha value is -3.48. The van der Waals surface area contributed by atoms with E-state index >= 15 is 0 Å². The van der Waals surface area contributed by atoms with Crippen LogP contribution in [0, 0.1) is 17.8 Å². The zero-order chi connectivity index (χ0) is 22.8. The Kier molecular flexibility index (Phi) is 6.08. The molecule has 0 aromatic heterocycles. The number of Topliss-reactive ketones (excluding diaryl/α,β-unsaturated/α-hetero) is 1. The molecule has 2 aromatic rings. The van der Waals surface area contributed by atoms with Crippen molar-refractivity contribution in [2.75, 3.05) is 18.6 Å². The van der Waals surface area contributed by atoms with Crippen LogP contribution in [0.25, 0.3) is 0 Å². The molecule has 0 bridgehead atoms. The Morgan fingerprint density at radius 2 is 1.69 bits per heavy atom. The fraction of sp³-hybridized carbons (Fsp3) is 0.360. The number of hydrogen-bond acceptors (Lipinski definition) is 6. The van der Waals surface area contributed by atoms with Gasteiger partial charge in [0.1, 0.15) is 5.75 Å². The molecule has 2 amide bonds. The summed E-state index contributed by atoms with van der Waals surface area (Å²) >= 11 is 0. The second kappa shape index (κ2) is 8.94. The number of nitrogens with zero attached hydrogens (tertiary/aromatic N) is 1. The molecule has 7 nitrogen and oxygen atoms in total. The average Bonchev–Trinajstić information content (AvgIpc) is 3.06. The highest BCUT2D eigenvalue weighted by atomic mass is 16.5. The third kappa shape index (κ3) is 4.15. The maximum absolute atomic E-state index is 12.9. The molecule has 1 aliphatic heterocycles. The molecule has 166 valence electrons. The maximum atomic E-state index is 12.9. The van der Waals surface area contributed by atoms with Gasteiger partial charge in [-0.25, -0.2) is 4.79 Å². The Labute approximate surface area is 186 Å². The van der Waals surface area contributed by atoms with Gasteiger partial charge in [0, 0.05) is 5.56 Å². The van der Waals surface area contributed by atoms with Crippen LogP contribution >= 0.6 is 0 Å². The van der Waals surface area contributed by atoms with Crippen LogP contribution in [-0.2, 0) is 14.3 Å². The van der Waals surface area contributed by atoms with E-state index in [-0.39, 0.29) is 35.0 Å². The van der Waals surface area contributed by atoms with E-state index in [1.807, 2.05) is 0 Å². The number of ketones is 1. The van der Waals surface area contributed by atoms with Gasteiger partial charge in [0.15, 0.2) is 12.4 Å². The van der Waals surface area contributed by atoms with Crippen molar-refractivity contribution in [1.82, 2.24) is 0 Å². The molecule has 32 heavy (non-hydrogen) atoms. The van der Waals surface area contributed by atoms with E-state index in [1.165, 1.54) is 24.1 Å². The van der Waals surface area contributed by atoms with Crippen LogP contribution in [0.1, 0.15) is 46.9 Å². The molecule has 2 aliphatic rings. The smallest absolute Gasteiger partial charge is 0.338 e. The first-order valence-electron chi connectivity index (χ1n) is 10.7. The lowest BCUT2D eigenvalue weighted by Gasteiger charge is -2.25. The van der Waals surface area contributed by atoms with E-state index in [4.69, 9.17) is 9.47 Å². The molecule has 0 N–H and O–H groups in total. The summed E-state index contributed by atoms with van der Waals surface area (Å²) in [5.74, 6) is -1.10. The Bertz CT molecular complexity index is 1080. The second-order valence-electron chi connectivity index (χ2n) is 8.42. The number of ether oxygens (including phenoxy) is 2. The van der Waals surface area contributed by atoms with Crippen molar-refractivity contribution in [3.63, 3.8) is 0 Å². The zero-order valence-electron chi connectivity index (χ0n) is 18.1. The molecular weight excluding hydrogens is 410 g/mol. The standard InChI is InChI=1S/C25H25NO6/c1-15-9-10-20-21(11-15)24(29)26(23(20)28)18-7-3-6-17(12-18)25(30)32-14-22(27)16-5-4-8-19(13-16)31-2/h3-8,12-13,15,20-21H,9-11,14H2,1-2H3/t15-,20+,21-/m0/s1. The molecule has 1 aliphatic carbocycles. The minimum atomic E-state index is -0.701. The quantitative estimate of drug-likeness (QED) is 0.391. The summed E-state index contributed by atoms with van der Waals surface area (Å²) in [7, 11) is 1.50. The summed E-state index contributed by atoms with van der Waals surface area (Å²) in [4.78, 5) is 51.9. The molecule has 1 saturated carbocycles. The number of rotatable bonds is 6. The molecule has 2 aromatic carbocycles. The maximum Gasteiger partial charge on any atom is 0.338 e. The van der Waals surface area contributed by atoms with Gasteiger partial charge in [-0.05, 0) is 55.5 Å². The highest BCUT2D eigenvalue weighted by molar-refractivity contribution is 6.22. The van der Waals surface area contributed by atoms with Crippen LogP contribution in [0.4, 0.5) is 5.69 Å². The van der Waals surface area contributed by atoms with E-state index in [0.29, 0.717) is 35.8 Å². The number of imide groups is 1. The minimum absolute atomic E-state index is 0.171. The highest BCUT2D eigenvalue weighted by Crippen LogP contribution is 2.42. The van der Waals surface area contributed by atoms with Gasteiger partial charge in [-0.15, -0.1) is 0 Å². The lowest BCUT2D eigenvalue weighted by molar-refractivity contribution is -0.122. The number of anilines is 1. The minimum Gasteiger partial charge on any atom is -0.497 e. The van der Waals surface area contributed by atoms with Crippen LogP contribution in [0.2, 0.25) is 0 Å². The van der Waals surface area contributed by atoms with Crippen LogP contribution in [0.5, 0.6) is 5.75 Å². The van der Waals surface area contributed by atoms with Crippen molar-refractivity contribution in [1.29, 1.82) is 0 Å². The van der Waals surface area contributed by atoms with Gasteiger partial charge < -0.3 is 9.47 Å². The number of esters is 1. The van der Waals surface area contributed by atoms with Crippen molar-refractivity contribution in [3.8, 4) is 5.75 Å². The number of hydrogen-bond donors (Lipinski definition) is 0. The van der Waals surface area contributed by atoms with Crippen molar-refractivity contribution >= 4 is 29.3 Å². The van der Waals surface area contributed by atoms with Crippen molar-refractivity contribution < 1.29 is 28.7 Å². The third-order valence-electron chi connectivity index (χ3n) is 6.25. The summed E-state index contributed by atoms with van der Waals surface area (Å²) in [5.41, 5.74) is 0.899. The molecule has 1 heterocycles. The van der Waals surface area contributed by atoms with Crippen LogP contribution in [0.3, 0.4) is 0 Å². The van der Waals surface area contributed by atoms with E-state index in [1.54, 1.807) is 36.4 Å². The predicted molar refractivity (Wildman–Crippen MR) is 117 cm³/mol. The van der Waals surface area contributed by atoms with E-state index in [0.717, 1.165) is 6.42 Å². The molecule has 1 saturated heterocycles. The molecule has 2 fully saturated rings. The summed E-state index contributed by atoms with van der Waals surface area (Å²) in [5, 5.41) is 0. The summed E-state index contributed by atoms with van der Waals surface area (Å²) in [6.07, 6.45) is 2.35. The molecule has 3 atom stereocenters. The third-order valence-corrected chi connectivity index (χ3v) is 6.25. The number of fused-ring (bicyclic) bond motifs is 1. The van der Waals surface area contributed by atoms with Crippen molar-refractivity contribution in [2.24, 2.45) is 17.8 Å². The fourth-order valence-electron chi connectivity index (χ4n) is 4.51.